The number of nitrogens with zero attached hydrogens (tertiary/aromatic N) is 1. The molecule has 0 radical (unpaired) electrons. The van der Waals surface area contributed by atoms with Crippen LogP contribution in [0.25, 0.3) is 10.2 Å². The summed E-state index contributed by atoms with van der Waals surface area (Å²) < 4.78 is 18.4. The summed E-state index contributed by atoms with van der Waals surface area (Å²) in [6.45, 7) is 1.94. The molecule has 0 saturated heterocycles. The van der Waals surface area contributed by atoms with E-state index in [0.29, 0.717) is 16.2 Å². The first-order chi connectivity index (χ1) is 11.2. The molecule has 0 aliphatic heterocycles. The van der Waals surface area contributed by atoms with Crippen molar-refractivity contribution in [1.82, 2.24) is 4.98 Å². The fourth-order valence-electron chi connectivity index (χ4n) is 2.18. The molecular formula is C17H15NO3S2. The third kappa shape index (κ3) is 3.48. The summed E-state index contributed by atoms with van der Waals surface area (Å²) in [6.07, 6.45) is 0. The van der Waals surface area contributed by atoms with Gasteiger partial charge in [0.2, 0.25) is 0 Å². The third-order valence-corrected chi connectivity index (χ3v) is 5.66. The second kappa shape index (κ2) is 7.02. The van der Waals surface area contributed by atoms with Gasteiger partial charge in [0.15, 0.2) is 0 Å². The van der Waals surface area contributed by atoms with Gasteiger partial charge in [-0.05, 0) is 24.3 Å². The van der Waals surface area contributed by atoms with Gasteiger partial charge in [-0.2, -0.15) is 0 Å². The number of ether oxygens (including phenoxy) is 1. The molecule has 0 aliphatic carbocycles. The molecular weight excluding hydrogens is 330 g/mol. The monoisotopic (exact) mass is 345 g/mol. The molecule has 0 amide bonds. The van der Waals surface area contributed by atoms with Crippen molar-refractivity contribution in [3.8, 4) is 0 Å². The lowest BCUT2D eigenvalue weighted by atomic mass is 10.2. The molecule has 0 aliphatic rings. The van der Waals surface area contributed by atoms with Crippen LogP contribution in [0.4, 0.5) is 0 Å². The molecule has 6 heteroatoms. The molecule has 1 atom stereocenters. The van der Waals surface area contributed by atoms with Gasteiger partial charge in [-0.3, -0.25) is 4.21 Å². The van der Waals surface area contributed by atoms with Crippen LogP contribution in [0.2, 0.25) is 0 Å². The molecule has 0 N–H and O–H groups in total. The van der Waals surface area contributed by atoms with Gasteiger partial charge in [-0.1, -0.05) is 31.2 Å². The van der Waals surface area contributed by atoms with Crippen LogP contribution in [0.1, 0.15) is 22.3 Å². The molecule has 4 nitrogen and oxygen atoms in total. The SMILES string of the molecule is CC[S@](=O)c1ccccc1C(=O)OCc1nc2ccccc2s1. The van der Waals surface area contributed by atoms with Crippen molar-refractivity contribution < 1.29 is 13.7 Å². The Hall–Kier alpha value is -2.05. The van der Waals surface area contributed by atoms with Crippen molar-refractivity contribution >= 4 is 38.3 Å². The summed E-state index contributed by atoms with van der Waals surface area (Å²) in [5.41, 5.74) is 1.25. The van der Waals surface area contributed by atoms with Gasteiger partial charge in [0.25, 0.3) is 0 Å². The summed E-state index contributed by atoms with van der Waals surface area (Å²) in [5.74, 6) is -0.0102. The number of thiazole rings is 1. The zero-order valence-electron chi connectivity index (χ0n) is 12.5. The molecule has 2 aromatic carbocycles. The first-order valence-corrected chi connectivity index (χ1v) is 9.31. The summed E-state index contributed by atoms with van der Waals surface area (Å²) in [7, 11) is -1.20. The second-order valence-electron chi connectivity index (χ2n) is 4.78. The largest absolute Gasteiger partial charge is 0.455 e. The maximum absolute atomic E-state index is 12.3. The highest BCUT2D eigenvalue weighted by Crippen LogP contribution is 2.23. The first kappa shape index (κ1) is 15.8. The van der Waals surface area contributed by atoms with Crippen LogP contribution < -0.4 is 0 Å². The maximum atomic E-state index is 12.3. The van der Waals surface area contributed by atoms with E-state index < -0.39 is 16.8 Å². The van der Waals surface area contributed by atoms with Crippen molar-refractivity contribution in [2.45, 2.75) is 18.4 Å². The predicted octanol–water partition coefficient (Wildman–Crippen LogP) is 3.78. The van der Waals surface area contributed by atoms with Crippen LogP contribution in [0.5, 0.6) is 0 Å². The topological polar surface area (TPSA) is 56.3 Å². The average molecular weight is 345 g/mol. The number of rotatable bonds is 5. The molecule has 23 heavy (non-hydrogen) atoms. The van der Waals surface area contributed by atoms with Crippen molar-refractivity contribution in [3.05, 3.63) is 59.1 Å². The van der Waals surface area contributed by atoms with Crippen molar-refractivity contribution in [2.75, 3.05) is 5.75 Å². The smallest absolute Gasteiger partial charge is 0.339 e. The summed E-state index contributed by atoms with van der Waals surface area (Å²) in [5, 5.41) is 0.744. The lowest BCUT2D eigenvalue weighted by Gasteiger charge is -2.07. The van der Waals surface area contributed by atoms with Crippen molar-refractivity contribution in [2.24, 2.45) is 0 Å². The van der Waals surface area contributed by atoms with E-state index in [0.717, 1.165) is 15.2 Å². The Morgan fingerprint density at radius 2 is 1.91 bits per heavy atom. The molecule has 0 unspecified atom stereocenters. The van der Waals surface area contributed by atoms with Gasteiger partial charge in [0, 0.05) is 5.75 Å². The lowest BCUT2D eigenvalue weighted by Crippen LogP contribution is -2.10. The van der Waals surface area contributed by atoms with E-state index in [9.17, 15) is 9.00 Å². The van der Waals surface area contributed by atoms with Crippen LogP contribution in [0.15, 0.2) is 53.4 Å². The predicted molar refractivity (Wildman–Crippen MR) is 92.1 cm³/mol. The van der Waals surface area contributed by atoms with Crippen LogP contribution in [-0.2, 0) is 22.1 Å². The van der Waals surface area contributed by atoms with E-state index in [-0.39, 0.29) is 6.61 Å². The minimum Gasteiger partial charge on any atom is -0.455 e. The molecule has 0 bridgehead atoms. The number of hydrogen-bond donors (Lipinski definition) is 0. The normalized spacial score (nSPS) is 12.2. The molecule has 1 aromatic heterocycles. The highest BCUT2D eigenvalue weighted by atomic mass is 32.2. The van der Waals surface area contributed by atoms with Crippen LogP contribution in [0, 0.1) is 0 Å². The highest BCUT2D eigenvalue weighted by Gasteiger charge is 2.16. The Kier molecular flexibility index (Phi) is 4.83. The van der Waals surface area contributed by atoms with Gasteiger partial charge >= 0.3 is 5.97 Å². The molecule has 118 valence electrons. The molecule has 3 rings (SSSR count). The standard InChI is InChI=1S/C17H15NO3S2/c1-2-23(20)15-10-6-3-7-12(15)17(19)21-11-16-18-13-8-4-5-9-14(13)22-16/h3-10H,2,11H2,1H3/t23-/m0/s1. The number of fused-ring (bicyclic) bond motifs is 1. The van der Waals surface area contributed by atoms with Gasteiger partial charge in [0.1, 0.15) is 11.6 Å². The first-order valence-electron chi connectivity index (χ1n) is 7.18. The molecule has 1 heterocycles. The summed E-state index contributed by atoms with van der Waals surface area (Å²) >= 11 is 1.50. The Morgan fingerprint density at radius 3 is 2.70 bits per heavy atom. The summed E-state index contributed by atoms with van der Waals surface area (Å²) in [6, 6.07) is 14.6. The zero-order valence-corrected chi connectivity index (χ0v) is 14.2. The number of carbonyl (C=O) groups excluding carboxylic acids is 1. The Bertz CT molecular complexity index is 840. The fourth-order valence-corrected chi connectivity index (χ4v) is 3.99. The van der Waals surface area contributed by atoms with E-state index >= 15 is 0 Å². The van der Waals surface area contributed by atoms with Gasteiger partial charge < -0.3 is 4.74 Å². The van der Waals surface area contributed by atoms with Gasteiger partial charge in [0.05, 0.1) is 31.5 Å². The van der Waals surface area contributed by atoms with Crippen LogP contribution in [-0.4, -0.2) is 20.9 Å². The van der Waals surface area contributed by atoms with Gasteiger partial charge in [-0.15, -0.1) is 11.3 Å². The Labute approximate surface area is 140 Å². The fraction of sp³-hybridized carbons (Fsp3) is 0.176. The number of aromatic nitrogens is 1. The number of hydrogen-bond acceptors (Lipinski definition) is 5. The quantitative estimate of drug-likeness (QED) is 0.660. The Morgan fingerprint density at radius 1 is 1.17 bits per heavy atom. The Balaban J connectivity index is 1.76. The van der Waals surface area contributed by atoms with Crippen LogP contribution in [0.3, 0.4) is 0 Å². The number of benzene rings is 2. The van der Waals surface area contributed by atoms with E-state index in [4.69, 9.17) is 4.74 Å². The summed E-state index contributed by atoms with van der Waals surface area (Å²) in [4.78, 5) is 17.2. The van der Waals surface area contributed by atoms with E-state index in [1.54, 1.807) is 24.3 Å². The second-order valence-corrected chi connectivity index (χ2v) is 7.61. The number of esters is 1. The van der Waals surface area contributed by atoms with Gasteiger partial charge in [-0.25, -0.2) is 9.78 Å². The molecule has 0 spiro atoms. The van der Waals surface area contributed by atoms with Crippen LogP contribution >= 0.6 is 11.3 Å². The number of para-hydroxylation sites is 1. The maximum Gasteiger partial charge on any atom is 0.339 e. The minimum absolute atomic E-state index is 0.116. The van der Waals surface area contributed by atoms with Crippen molar-refractivity contribution in [3.63, 3.8) is 0 Å². The molecule has 0 fully saturated rings. The van der Waals surface area contributed by atoms with E-state index in [1.807, 2.05) is 31.2 Å². The van der Waals surface area contributed by atoms with E-state index in [1.165, 1.54) is 11.3 Å². The highest BCUT2D eigenvalue weighted by molar-refractivity contribution is 7.85. The molecule has 0 saturated carbocycles. The molecule has 3 aromatic rings. The third-order valence-electron chi connectivity index (χ3n) is 3.28. The van der Waals surface area contributed by atoms with Crippen molar-refractivity contribution in [1.29, 1.82) is 0 Å². The lowest BCUT2D eigenvalue weighted by molar-refractivity contribution is 0.0468. The number of carbonyl (C=O) groups is 1. The average Bonchev–Trinajstić information content (AvgIpc) is 3.02. The van der Waals surface area contributed by atoms with E-state index in [2.05, 4.69) is 4.98 Å². The minimum atomic E-state index is -1.20. The zero-order chi connectivity index (χ0) is 16.2.